The number of benzene rings is 2. The second kappa shape index (κ2) is 12.6. The van der Waals surface area contributed by atoms with Crippen LogP contribution in [0.2, 0.25) is 0 Å². The van der Waals surface area contributed by atoms with Gasteiger partial charge in [-0.3, -0.25) is 4.79 Å². The number of furan rings is 1. The topological polar surface area (TPSA) is 111 Å². The second-order valence-corrected chi connectivity index (χ2v) is 9.58. The molecule has 0 spiro atoms. The third-order valence-corrected chi connectivity index (χ3v) is 5.46. The predicted octanol–water partition coefficient (Wildman–Crippen LogP) is 5.49. The number of ether oxygens (including phenoxy) is 3. The van der Waals surface area contributed by atoms with E-state index in [2.05, 4.69) is 26.1 Å². The van der Waals surface area contributed by atoms with Gasteiger partial charge in [0.1, 0.15) is 23.2 Å². The van der Waals surface area contributed by atoms with Crippen molar-refractivity contribution in [1.29, 1.82) is 5.26 Å². The lowest BCUT2D eigenvalue weighted by Gasteiger charge is -2.23. The summed E-state index contributed by atoms with van der Waals surface area (Å²) < 4.78 is 22.2. The molecule has 1 N–H and O–H groups in total. The minimum absolute atomic E-state index is 0.0927. The van der Waals surface area contributed by atoms with Crippen molar-refractivity contribution in [2.45, 2.75) is 46.6 Å². The third kappa shape index (κ3) is 7.74. The quantitative estimate of drug-likeness (QED) is 0.164. The number of hydrogen-bond donors (Lipinski definition) is 1. The van der Waals surface area contributed by atoms with Gasteiger partial charge in [0.2, 0.25) is 0 Å². The van der Waals surface area contributed by atoms with E-state index in [9.17, 15) is 14.9 Å². The van der Waals surface area contributed by atoms with Crippen LogP contribution >= 0.6 is 0 Å². The minimum atomic E-state index is -0.593. The van der Waals surface area contributed by atoms with E-state index in [0.29, 0.717) is 29.4 Å². The number of nitrogens with zero attached hydrogens (tertiary/aromatic N) is 1. The highest BCUT2D eigenvalue weighted by Crippen LogP contribution is 2.33. The summed E-state index contributed by atoms with van der Waals surface area (Å²) in [5.41, 5.74) is 2.38. The molecule has 0 unspecified atom stereocenters. The summed E-state index contributed by atoms with van der Waals surface area (Å²) >= 11 is 0. The van der Waals surface area contributed by atoms with Crippen LogP contribution in [0, 0.1) is 18.3 Å². The maximum Gasteiger partial charge on any atom is 0.349 e. The highest BCUT2D eigenvalue weighted by molar-refractivity contribution is 6.01. The van der Waals surface area contributed by atoms with E-state index in [4.69, 9.17) is 18.6 Å². The molecule has 0 aliphatic heterocycles. The molecule has 0 bridgehead atoms. The molecular weight excluding hydrogens is 484 g/mol. The van der Waals surface area contributed by atoms with E-state index in [0.717, 1.165) is 11.1 Å². The van der Waals surface area contributed by atoms with Crippen LogP contribution in [0.4, 0.5) is 0 Å². The molecule has 8 heteroatoms. The number of esters is 1. The van der Waals surface area contributed by atoms with E-state index in [1.807, 2.05) is 31.2 Å². The van der Waals surface area contributed by atoms with Crippen molar-refractivity contribution in [1.82, 2.24) is 5.32 Å². The van der Waals surface area contributed by atoms with Gasteiger partial charge >= 0.3 is 5.97 Å². The Labute approximate surface area is 222 Å². The van der Waals surface area contributed by atoms with Crippen molar-refractivity contribution < 1.29 is 28.2 Å². The maximum atomic E-state index is 12.6. The van der Waals surface area contributed by atoms with Crippen LogP contribution in [0.15, 0.2) is 64.8 Å². The molecule has 0 saturated heterocycles. The largest absolute Gasteiger partial charge is 0.490 e. The molecule has 3 aromatic rings. The van der Waals surface area contributed by atoms with E-state index in [1.54, 1.807) is 37.3 Å². The van der Waals surface area contributed by atoms with Crippen molar-refractivity contribution in [2.24, 2.45) is 0 Å². The van der Waals surface area contributed by atoms with E-state index < -0.39 is 11.9 Å². The molecule has 8 nitrogen and oxygen atoms in total. The number of nitriles is 1. The summed E-state index contributed by atoms with van der Waals surface area (Å²) in [4.78, 5) is 25.1. The molecule has 2 aromatic carbocycles. The monoisotopic (exact) mass is 516 g/mol. The molecule has 1 aromatic heterocycles. The molecule has 0 aliphatic carbocycles. The Bertz CT molecular complexity index is 1340. The first-order valence-corrected chi connectivity index (χ1v) is 12.2. The van der Waals surface area contributed by atoms with E-state index >= 15 is 0 Å². The first-order chi connectivity index (χ1) is 18.1. The number of carbonyl (C=O) groups is 2. The minimum Gasteiger partial charge on any atom is -0.490 e. The van der Waals surface area contributed by atoms with Crippen LogP contribution in [0.1, 0.15) is 50.1 Å². The number of carbonyl (C=O) groups excluding carboxylic acids is 2. The van der Waals surface area contributed by atoms with Gasteiger partial charge in [-0.05, 0) is 66.8 Å². The molecule has 0 atom stereocenters. The lowest BCUT2D eigenvalue weighted by Crippen LogP contribution is -2.23. The number of hydrogen-bond acceptors (Lipinski definition) is 7. The van der Waals surface area contributed by atoms with Crippen molar-refractivity contribution in [3.8, 4) is 23.3 Å². The average Bonchev–Trinajstić information content (AvgIpc) is 3.40. The van der Waals surface area contributed by atoms with E-state index in [1.165, 1.54) is 12.3 Å². The fraction of sp³-hybridized carbons (Fsp3) is 0.300. The van der Waals surface area contributed by atoms with Gasteiger partial charge in [0.15, 0.2) is 18.1 Å². The molecule has 1 heterocycles. The van der Waals surface area contributed by atoms with Crippen LogP contribution in [0.5, 0.6) is 17.2 Å². The van der Waals surface area contributed by atoms with Crippen LogP contribution < -0.4 is 19.5 Å². The molecule has 3 rings (SSSR count). The number of amides is 1. The Hall–Kier alpha value is -4.51. The van der Waals surface area contributed by atoms with Gasteiger partial charge in [-0.1, -0.05) is 44.5 Å². The van der Waals surface area contributed by atoms with Crippen LogP contribution in [-0.4, -0.2) is 25.1 Å². The predicted molar refractivity (Wildman–Crippen MR) is 143 cm³/mol. The lowest BCUT2D eigenvalue weighted by atomic mass is 9.85. The molecule has 0 aliphatic rings. The van der Waals surface area contributed by atoms with Gasteiger partial charge in [-0.2, -0.15) is 5.26 Å². The Morgan fingerprint density at radius 3 is 2.47 bits per heavy atom. The lowest BCUT2D eigenvalue weighted by molar-refractivity contribution is -0.136. The summed E-state index contributed by atoms with van der Waals surface area (Å²) in [6.45, 7) is 10.2. The molecular formula is C30H32N2O6. The smallest absolute Gasteiger partial charge is 0.349 e. The highest BCUT2D eigenvalue weighted by Gasteiger charge is 2.20. The number of aryl methyl sites for hydroxylation is 1. The zero-order valence-electron chi connectivity index (χ0n) is 22.3. The second-order valence-electron chi connectivity index (χ2n) is 9.58. The maximum absolute atomic E-state index is 12.6. The standard InChI is InChI=1S/C30H32N2O6/c1-6-35-27-16-21(15-22(17-31)29(34)32-18-23-8-7-13-36-23)10-12-26(27)38-28(33)19-37-25-11-9-20(2)14-24(25)30(3,4)5/h7-16H,6,18-19H2,1-5H3,(H,32,34)/b22-15+. The van der Waals surface area contributed by atoms with Gasteiger partial charge in [-0.25, -0.2) is 4.79 Å². The van der Waals surface area contributed by atoms with Crippen molar-refractivity contribution >= 4 is 18.0 Å². The fourth-order valence-corrected chi connectivity index (χ4v) is 3.60. The summed E-state index contributed by atoms with van der Waals surface area (Å²) in [7, 11) is 0. The zero-order chi connectivity index (χ0) is 27.7. The summed E-state index contributed by atoms with van der Waals surface area (Å²) in [5.74, 6) is 0.568. The summed E-state index contributed by atoms with van der Waals surface area (Å²) in [6.07, 6.45) is 2.93. The van der Waals surface area contributed by atoms with Crippen LogP contribution in [0.3, 0.4) is 0 Å². The molecule has 0 saturated carbocycles. The van der Waals surface area contributed by atoms with Crippen LogP contribution in [0.25, 0.3) is 6.08 Å². The summed E-state index contributed by atoms with van der Waals surface area (Å²) in [5, 5.41) is 12.1. The Balaban J connectivity index is 1.70. The molecule has 198 valence electrons. The third-order valence-electron chi connectivity index (χ3n) is 5.46. The first-order valence-electron chi connectivity index (χ1n) is 12.2. The van der Waals surface area contributed by atoms with E-state index in [-0.39, 0.29) is 29.9 Å². The first kappa shape index (κ1) is 28.1. The molecule has 38 heavy (non-hydrogen) atoms. The zero-order valence-corrected chi connectivity index (χ0v) is 22.3. The Morgan fingerprint density at radius 2 is 1.82 bits per heavy atom. The highest BCUT2D eigenvalue weighted by atomic mass is 16.6. The molecule has 0 fully saturated rings. The van der Waals surface area contributed by atoms with Gasteiger partial charge in [0.25, 0.3) is 5.91 Å². The number of rotatable bonds is 10. The fourth-order valence-electron chi connectivity index (χ4n) is 3.60. The molecule has 1 amide bonds. The van der Waals surface area contributed by atoms with Gasteiger partial charge < -0.3 is 23.9 Å². The summed E-state index contributed by atoms with van der Waals surface area (Å²) in [6, 6.07) is 16.0. The van der Waals surface area contributed by atoms with Gasteiger partial charge in [0, 0.05) is 0 Å². The Kier molecular flexibility index (Phi) is 9.33. The average molecular weight is 517 g/mol. The molecule has 0 radical (unpaired) electrons. The SMILES string of the molecule is CCOc1cc(/C=C(\C#N)C(=O)NCc2ccco2)ccc1OC(=O)COc1ccc(C)cc1C(C)(C)C. The van der Waals surface area contributed by atoms with Crippen LogP contribution in [-0.2, 0) is 21.5 Å². The van der Waals surface area contributed by atoms with Crippen molar-refractivity contribution in [2.75, 3.05) is 13.2 Å². The van der Waals surface area contributed by atoms with Gasteiger partial charge in [0.05, 0.1) is 19.4 Å². The Morgan fingerprint density at radius 1 is 1.05 bits per heavy atom. The van der Waals surface area contributed by atoms with Crippen molar-refractivity contribution in [3.63, 3.8) is 0 Å². The van der Waals surface area contributed by atoms with Gasteiger partial charge in [-0.15, -0.1) is 0 Å². The normalized spacial score (nSPS) is 11.4. The van der Waals surface area contributed by atoms with Crippen molar-refractivity contribution in [3.05, 3.63) is 82.8 Å². The number of nitrogens with one attached hydrogen (secondary N) is 1.